The Kier molecular flexibility index (Phi) is 4.94. The first-order valence-electron chi connectivity index (χ1n) is 6.82. The first-order chi connectivity index (χ1) is 10.1. The zero-order chi connectivity index (χ0) is 15.2. The normalized spacial score (nSPS) is 15.2. The van der Waals surface area contributed by atoms with E-state index in [0.717, 1.165) is 0 Å². The Balaban J connectivity index is 2.25. The molecule has 0 atom stereocenters. The highest BCUT2D eigenvalue weighted by Gasteiger charge is 2.21. The van der Waals surface area contributed by atoms with Gasteiger partial charge in [0.15, 0.2) is 0 Å². The minimum absolute atomic E-state index is 0.130. The molecule has 1 aromatic rings. The van der Waals surface area contributed by atoms with Gasteiger partial charge in [0.1, 0.15) is 0 Å². The smallest absolute Gasteiger partial charge is 0.256 e. The Morgan fingerprint density at radius 3 is 2.71 bits per heavy atom. The lowest BCUT2D eigenvalue weighted by molar-refractivity contribution is -0.111. The van der Waals surface area contributed by atoms with Crippen LogP contribution in [0.3, 0.4) is 0 Å². The molecule has 1 heterocycles. The van der Waals surface area contributed by atoms with Crippen LogP contribution in [0.2, 0.25) is 0 Å². The second-order valence-corrected chi connectivity index (χ2v) is 4.70. The monoisotopic (exact) mass is 289 g/mol. The second kappa shape index (κ2) is 6.90. The van der Waals surface area contributed by atoms with Crippen LogP contribution in [-0.2, 0) is 9.53 Å². The lowest BCUT2D eigenvalue weighted by Crippen LogP contribution is -2.41. The van der Waals surface area contributed by atoms with E-state index in [1.165, 1.54) is 6.08 Å². The molecule has 1 saturated heterocycles. The van der Waals surface area contributed by atoms with Gasteiger partial charge in [0.25, 0.3) is 5.91 Å². The van der Waals surface area contributed by atoms with Gasteiger partial charge in [-0.25, -0.2) is 0 Å². The highest BCUT2D eigenvalue weighted by Crippen LogP contribution is 2.21. The van der Waals surface area contributed by atoms with E-state index in [1.54, 1.807) is 36.1 Å². The number of carbonyl (C=O) groups is 2. The standard InChI is InChI=1S/C15H19N3O3/c1-2-3-14(19)17-13-10-11(16)4-5-12(13)15(20)18-6-8-21-9-7-18/h2-5,10H,6-9,16H2,1H3,(H,17,19)/b3-2+. The van der Waals surface area contributed by atoms with Crippen LogP contribution in [-0.4, -0.2) is 43.0 Å². The number of nitrogens with two attached hydrogens (primary N) is 1. The van der Waals surface area contributed by atoms with Crippen molar-refractivity contribution in [1.82, 2.24) is 4.90 Å². The van der Waals surface area contributed by atoms with E-state index in [0.29, 0.717) is 43.2 Å². The number of amides is 2. The number of carbonyl (C=O) groups excluding carboxylic acids is 2. The lowest BCUT2D eigenvalue weighted by Gasteiger charge is -2.27. The molecular formula is C15H19N3O3. The van der Waals surface area contributed by atoms with Crippen molar-refractivity contribution in [1.29, 1.82) is 0 Å². The molecule has 21 heavy (non-hydrogen) atoms. The molecule has 0 spiro atoms. The average molecular weight is 289 g/mol. The summed E-state index contributed by atoms with van der Waals surface area (Å²) >= 11 is 0. The van der Waals surface area contributed by atoms with Gasteiger partial charge in [0, 0.05) is 18.8 Å². The Bertz CT molecular complexity index is 563. The van der Waals surface area contributed by atoms with Crippen molar-refractivity contribution in [3.05, 3.63) is 35.9 Å². The largest absolute Gasteiger partial charge is 0.399 e. The summed E-state index contributed by atoms with van der Waals surface area (Å²) in [5.74, 6) is -0.423. The second-order valence-electron chi connectivity index (χ2n) is 4.70. The number of nitrogens with one attached hydrogen (secondary N) is 1. The average Bonchev–Trinajstić information content (AvgIpc) is 2.48. The molecule has 1 aliphatic heterocycles. The number of rotatable bonds is 3. The van der Waals surface area contributed by atoms with Crippen LogP contribution >= 0.6 is 0 Å². The fourth-order valence-corrected chi connectivity index (χ4v) is 2.11. The molecule has 2 amide bonds. The van der Waals surface area contributed by atoms with E-state index >= 15 is 0 Å². The van der Waals surface area contributed by atoms with Crippen molar-refractivity contribution in [2.75, 3.05) is 37.4 Å². The summed E-state index contributed by atoms with van der Waals surface area (Å²) in [6.45, 7) is 3.90. The highest BCUT2D eigenvalue weighted by atomic mass is 16.5. The summed E-state index contributed by atoms with van der Waals surface area (Å²) in [4.78, 5) is 25.9. The van der Waals surface area contributed by atoms with Crippen LogP contribution in [0.4, 0.5) is 11.4 Å². The summed E-state index contributed by atoms with van der Waals surface area (Å²) < 4.78 is 5.24. The van der Waals surface area contributed by atoms with Crippen molar-refractivity contribution >= 4 is 23.2 Å². The van der Waals surface area contributed by atoms with Crippen molar-refractivity contribution < 1.29 is 14.3 Å². The van der Waals surface area contributed by atoms with Crippen molar-refractivity contribution in [3.8, 4) is 0 Å². The number of allylic oxidation sites excluding steroid dienone is 1. The fraction of sp³-hybridized carbons (Fsp3) is 0.333. The maximum Gasteiger partial charge on any atom is 0.256 e. The Labute approximate surface area is 123 Å². The predicted molar refractivity (Wildman–Crippen MR) is 81.0 cm³/mol. The molecule has 1 aliphatic rings. The molecule has 6 nitrogen and oxygen atoms in total. The molecule has 2 rings (SSSR count). The van der Waals surface area contributed by atoms with E-state index in [2.05, 4.69) is 5.32 Å². The van der Waals surface area contributed by atoms with Crippen LogP contribution in [0.25, 0.3) is 0 Å². The van der Waals surface area contributed by atoms with Crippen LogP contribution in [0, 0.1) is 0 Å². The number of benzene rings is 1. The fourth-order valence-electron chi connectivity index (χ4n) is 2.11. The zero-order valence-electron chi connectivity index (χ0n) is 12.0. The molecular weight excluding hydrogens is 270 g/mol. The first-order valence-corrected chi connectivity index (χ1v) is 6.82. The molecule has 1 fully saturated rings. The quantitative estimate of drug-likeness (QED) is 0.648. The summed E-state index contributed by atoms with van der Waals surface area (Å²) in [7, 11) is 0. The topological polar surface area (TPSA) is 84.7 Å². The summed E-state index contributed by atoms with van der Waals surface area (Å²) in [5.41, 5.74) is 7.09. The van der Waals surface area contributed by atoms with E-state index < -0.39 is 0 Å². The number of morpholine rings is 1. The molecule has 1 aromatic carbocycles. The molecule has 6 heteroatoms. The van der Waals surface area contributed by atoms with Crippen LogP contribution in [0.5, 0.6) is 0 Å². The van der Waals surface area contributed by atoms with Crippen LogP contribution < -0.4 is 11.1 Å². The van der Waals surface area contributed by atoms with E-state index in [9.17, 15) is 9.59 Å². The number of anilines is 2. The van der Waals surface area contributed by atoms with Gasteiger partial charge in [-0.3, -0.25) is 9.59 Å². The van der Waals surface area contributed by atoms with E-state index in [-0.39, 0.29) is 11.8 Å². The Morgan fingerprint density at radius 1 is 1.33 bits per heavy atom. The number of hydrogen-bond donors (Lipinski definition) is 2. The third kappa shape index (κ3) is 3.82. The molecule has 0 aromatic heterocycles. The lowest BCUT2D eigenvalue weighted by atomic mass is 10.1. The van der Waals surface area contributed by atoms with Gasteiger partial charge in [-0.2, -0.15) is 0 Å². The molecule has 0 aliphatic carbocycles. The van der Waals surface area contributed by atoms with Crippen molar-refractivity contribution in [3.63, 3.8) is 0 Å². The summed E-state index contributed by atoms with van der Waals surface area (Å²) in [5, 5.41) is 2.69. The molecule has 0 unspecified atom stereocenters. The maximum atomic E-state index is 12.5. The minimum Gasteiger partial charge on any atom is -0.399 e. The van der Waals surface area contributed by atoms with E-state index in [1.807, 2.05) is 0 Å². The van der Waals surface area contributed by atoms with Gasteiger partial charge in [0.2, 0.25) is 5.91 Å². The third-order valence-electron chi connectivity index (χ3n) is 3.15. The molecule has 0 bridgehead atoms. The Morgan fingerprint density at radius 2 is 2.05 bits per heavy atom. The molecule has 112 valence electrons. The number of hydrogen-bond acceptors (Lipinski definition) is 4. The zero-order valence-corrected chi connectivity index (χ0v) is 12.0. The Hall–Kier alpha value is -2.34. The SMILES string of the molecule is C/C=C/C(=O)Nc1cc(N)ccc1C(=O)N1CCOCC1. The van der Waals surface area contributed by atoms with Crippen LogP contribution in [0.15, 0.2) is 30.4 Å². The van der Waals surface area contributed by atoms with Gasteiger partial charge in [-0.1, -0.05) is 6.08 Å². The van der Waals surface area contributed by atoms with Crippen molar-refractivity contribution in [2.24, 2.45) is 0 Å². The third-order valence-corrected chi connectivity index (χ3v) is 3.15. The van der Waals surface area contributed by atoms with Crippen molar-refractivity contribution in [2.45, 2.75) is 6.92 Å². The molecule has 0 saturated carbocycles. The predicted octanol–water partition coefficient (Wildman–Crippen LogP) is 1.26. The maximum absolute atomic E-state index is 12.5. The van der Waals surface area contributed by atoms with Gasteiger partial charge in [0.05, 0.1) is 24.5 Å². The highest BCUT2D eigenvalue weighted by molar-refractivity contribution is 6.07. The number of ether oxygens (including phenoxy) is 1. The van der Waals surface area contributed by atoms with Gasteiger partial charge >= 0.3 is 0 Å². The minimum atomic E-state index is -0.292. The van der Waals surface area contributed by atoms with Gasteiger partial charge < -0.3 is 20.7 Å². The summed E-state index contributed by atoms with van der Waals surface area (Å²) in [6.07, 6.45) is 3.03. The molecule has 0 radical (unpaired) electrons. The molecule has 3 N–H and O–H groups in total. The number of nitrogens with zero attached hydrogens (tertiary/aromatic N) is 1. The van der Waals surface area contributed by atoms with Crippen LogP contribution in [0.1, 0.15) is 17.3 Å². The first kappa shape index (κ1) is 15.1. The van der Waals surface area contributed by atoms with Gasteiger partial charge in [-0.05, 0) is 31.2 Å². The van der Waals surface area contributed by atoms with E-state index in [4.69, 9.17) is 10.5 Å². The summed E-state index contributed by atoms with van der Waals surface area (Å²) in [6, 6.07) is 4.88. The number of nitrogen functional groups attached to an aromatic ring is 1. The van der Waals surface area contributed by atoms with Gasteiger partial charge in [-0.15, -0.1) is 0 Å².